The van der Waals surface area contributed by atoms with Gasteiger partial charge in [-0.05, 0) is 17.7 Å². The predicted octanol–water partition coefficient (Wildman–Crippen LogP) is 2.07. The highest BCUT2D eigenvalue weighted by Crippen LogP contribution is 2.35. The van der Waals surface area contributed by atoms with Crippen molar-refractivity contribution in [1.29, 1.82) is 0 Å². The topological polar surface area (TPSA) is 130 Å². The number of pyridine rings is 1. The Morgan fingerprint density at radius 1 is 0.935 bits per heavy atom. The lowest BCUT2D eigenvalue weighted by molar-refractivity contribution is 0.374. The van der Waals surface area contributed by atoms with E-state index in [1.54, 1.807) is 12.1 Å². The van der Waals surface area contributed by atoms with Crippen molar-refractivity contribution in [2.24, 2.45) is 0 Å². The zero-order chi connectivity index (χ0) is 23.2. The second kappa shape index (κ2) is 9.88. The molecular formula is C19H24N2O8S2. The normalized spacial score (nSPS) is 11.9. The molecule has 0 bridgehead atoms. The molecule has 1 N–H and O–H groups in total. The first-order chi connectivity index (χ1) is 14.5. The van der Waals surface area contributed by atoms with E-state index < -0.39 is 25.6 Å². The Balaban J connectivity index is 2.36. The van der Waals surface area contributed by atoms with Gasteiger partial charge in [0.05, 0.1) is 46.0 Å². The van der Waals surface area contributed by atoms with Crippen molar-refractivity contribution in [3.63, 3.8) is 0 Å². The van der Waals surface area contributed by atoms with Gasteiger partial charge in [-0.1, -0.05) is 0 Å². The van der Waals surface area contributed by atoms with Gasteiger partial charge in [-0.15, -0.1) is 0 Å². The summed E-state index contributed by atoms with van der Waals surface area (Å²) < 4.78 is 71.4. The smallest absolute Gasteiger partial charge is 0.238 e. The van der Waals surface area contributed by atoms with Crippen molar-refractivity contribution in [3.8, 4) is 23.1 Å². The number of sulfone groups is 1. The molecule has 1 aromatic heterocycles. The van der Waals surface area contributed by atoms with Crippen LogP contribution in [0.4, 0.5) is 5.69 Å². The fourth-order valence-corrected chi connectivity index (χ4v) is 4.27. The van der Waals surface area contributed by atoms with Gasteiger partial charge in [-0.25, -0.2) is 21.8 Å². The van der Waals surface area contributed by atoms with E-state index in [0.29, 0.717) is 22.8 Å². The van der Waals surface area contributed by atoms with E-state index in [1.807, 2.05) is 0 Å². The van der Waals surface area contributed by atoms with Gasteiger partial charge in [0.1, 0.15) is 22.9 Å². The third-order valence-corrected chi connectivity index (χ3v) is 5.84. The molecule has 31 heavy (non-hydrogen) atoms. The van der Waals surface area contributed by atoms with Crippen LogP contribution in [0.15, 0.2) is 29.8 Å². The molecule has 2 aromatic rings. The Morgan fingerprint density at radius 3 is 2.03 bits per heavy atom. The summed E-state index contributed by atoms with van der Waals surface area (Å²) in [4.78, 5) is 3.97. The van der Waals surface area contributed by atoms with Crippen LogP contribution in [0.3, 0.4) is 0 Å². The average Bonchev–Trinajstić information content (AvgIpc) is 2.70. The molecule has 0 amide bonds. The Hall–Kier alpha value is -2.99. The molecule has 0 aliphatic carbocycles. The highest BCUT2D eigenvalue weighted by atomic mass is 32.2. The number of nitrogens with zero attached hydrogens (tertiary/aromatic N) is 1. The molecule has 1 heterocycles. The van der Waals surface area contributed by atoms with Gasteiger partial charge in [0.15, 0.2) is 9.84 Å². The Bertz CT molecular complexity index is 1150. The van der Waals surface area contributed by atoms with E-state index in [1.165, 1.54) is 46.8 Å². The van der Waals surface area contributed by atoms with Crippen LogP contribution in [0.2, 0.25) is 0 Å². The molecular weight excluding hydrogens is 448 g/mol. The first-order valence-electron chi connectivity index (χ1n) is 8.73. The van der Waals surface area contributed by atoms with Crippen LogP contribution < -0.4 is 23.7 Å². The Morgan fingerprint density at radius 2 is 1.55 bits per heavy atom. The van der Waals surface area contributed by atoms with E-state index in [0.717, 1.165) is 11.7 Å². The van der Waals surface area contributed by atoms with E-state index in [4.69, 9.17) is 18.9 Å². The lowest BCUT2D eigenvalue weighted by Crippen LogP contribution is -2.12. The third-order valence-electron chi connectivity index (χ3n) is 3.96. The number of anilines is 1. The summed E-state index contributed by atoms with van der Waals surface area (Å²) in [7, 11) is -1.67. The summed E-state index contributed by atoms with van der Waals surface area (Å²) in [6.45, 7) is 0. The van der Waals surface area contributed by atoms with Gasteiger partial charge in [0.25, 0.3) is 0 Å². The van der Waals surface area contributed by atoms with Gasteiger partial charge >= 0.3 is 0 Å². The van der Waals surface area contributed by atoms with E-state index >= 15 is 0 Å². The molecule has 0 saturated heterocycles. The number of nitrogens with one attached hydrogen (secondary N) is 1. The van der Waals surface area contributed by atoms with E-state index in [2.05, 4.69) is 9.71 Å². The van der Waals surface area contributed by atoms with Crippen molar-refractivity contribution in [2.75, 3.05) is 39.4 Å². The first-order valence-corrected chi connectivity index (χ1v) is 12.3. The predicted molar refractivity (Wildman–Crippen MR) is 117 cm³/mol. The van der Waals surface area contributed by atoms with Crippen molar-refractivity contribution >= 4 is 31.6 Å². The number of aromatic nitrogens is 1. The van der Waals surface area contributed by atoms with E-state index in [-0.39, 0.29) is 17.1 Å². The molecule has 0 aliphatic rings. The van der Waals surface area contributed by atoms with E-state index in [9.17, 15) is 16.8 Å². The van der Waals surface area contributed by atoms with Gasteiger partial charge in [-0.2, -0.15) is 0 Å². The SMILES string of the molecule is COc1cc(OC)c(C=CS(=O)(=O)Cc2cnc(OC)c(NS(C)(=O)=O)c2)c(OC)c1. The molecule has 10 nitrogen and oxygen atoms in total. The van der Waals surface area contributed by atoms with Crippen molar-refractivity contribution in [2.45, 2.75) is 5.75 Å². The number of hydrogen-bond donors (Lipinski definition) is 1. The highest BCUT2D eigenvalue weighted by molar-refractivity contribution is 7.93. The maximum atomic E-state index is 12.7. The van der Waals surface area contributed by atoms with Gasteiger partial charge in [0.2, 0.25) is 15.9 Å². The van der Waals surface area contributed by atoms with Gasteiger partial charge < -0.3 is 18.9 Å². The van der Waals surface area contributed by atoms with Crippen LogP contribution in [0, 0.1) is 0 Å². The molecule has 2 rings (SSSR count). The molecule has 0 saturated carbocycles. The number of methoxy groups -OCH3 is 4. The first kappa shape index (κ1) is 24.3. The van der Waals surface area contributed by atoms with Crippen LogP contribution in [-0.2, 0) is 25.6 Å². The minimum atomic E-state index is -3.76. The number of benzene rings is 1. The van der Waals surface area contributed by atoms with Crippen LogP contribution in [0.25, 0.3) is 6.08 Å². The number of sulfonamides is 1. The number of ether oxygens (including phenoxy) is 4. The second-order valence-corrected chi connectivity index (χ2v) is 9.97. The summed E-state index contributed by atoms with van der Waals surface area (Å²) in [6, 6.07) is 4.56. The van der Waals surface area contributed by atoms with Crippen LogP contribution in [0.1, 0.15) is 11.1 Å². The molecule has 0 spiro atoms. The van der Waals surface area contributed by atoms with Crippen molar-refractivity contribution in [1.82, 2.24) is 4.98 Å². The zero-order valence-electron chi connectivity index (χ0n) is 17.7. The third kappa shape index (κ3) is 6.76. The molecule has 0 unspecified atom stereocenters. The summed E-state index contributed by atoms with van der Waals surface area (Å²) in [5.74, 6) is 0.834. The van der Waals surface area contributed by atoms with Crippen LogP contribution in [-0.4, -0.2) is 56.5 Å². The molecule has 12 heteroatoms. The largest absolute Gasteiger partial charge is 0.496 e. The van der Waals surface area contributed by atoms with Gasteiger partial charge in [-0.3, -0.25) is 4.72 Å². The highest BCUT2D eigenvalue weighted by Gasteiger charge is 2.16. The van der Waals surface area contributed by atoms with Crippen molar-refractivity contribution < 1.29 is 35.8 Å². The molecule has 0 fully saturated rings. The summed E-state index contributed by atoms with van der Waals surface area (Å²) >= 11 is 0. The monoisotopic (exact) mass is 472 g/mol. The second-order valence-electron chi connectivity index (χ2n) is 6.33. The quantitative estimate of drug-likeness (QED) is 0.552. The zero-order valence-corrected chi connectivity index (χ0v) is 19.3. The fourth-order valence-electron chi connectivity index (χ4n) is 2.66. The molecule has 0 atom stereocenters. The maximum Gasteiger partial charge on any atom is 0.238 e. The minimum absolute atomic E-state index is 0.0230. The molecule has 0 aliphatic heterocycles. The molecule has 0 radical (unpaired) electrons. The maximum absolute atomic E-state index is 12.7. The lowest BCUT2D eigenvalue weighted by Gasteiger charge is -2.12. The molecule has 1 aromatic carbocycles. The lowest BCUT2D eigenvalue weighted by atomic mass is 10.1. The standard InChI is InChI=1S/C19H24N2O8S2/c1-26-14-9-17(27-2)15(18(10-14)28-3)6-7-31(24,25)12-13-8-16(21-30(5,22)23)19(29-4)20-11-13/h6-11,21H,12H2,1-5H3. The number of hydrogen-bond acceptors (Lipinski definition) is 9. The Kier molecular flexibility index (Phi) is 7.74. The number of rotatable bonds is 10. The van der Waals surface area contributed by atoms with Crippen LogP contribution in [0.5, 0.6) is 23.1 Å². The summed E-state index contributed by atoms with van der Waals surface area (Å²) in [6.07, 6.45) is 3.62. The Labute approximate surface area is 181 Å². The van der Waals surface area contributed by atoms with Gasteiger partial charge in [0, 0.05) is 23.7 Å². The molecule has 170 valence electrons. The average molecular weight is 473 g/mol. The summed E-state index contributed by atoms with van der Waals surface area (Å²) in [5, 5.41) is 1.02. The van der Waals surface area contributed by atoms with Crippen molar-refractivity contribution in [3.05, 3.63) is 40.9 Å². The fraction of sp³-hybridized carbons (Fsp3) is 0.316. The minimum Gasteiger partial charge on any atom is -0.496 e. The summed E-state index contributed by atoms with van der Waals surface area (Å²) in [5.41, 5.74) is 0.729. The van der Waals surface area contributed by atoms with Crippen LogP contribution >= 0.6 is 0 Å².